The smallest absolute Gasteiger partial charge is 0.159 e. The van der Waals surface area contributed by atoms with Gasteiger partial charge >= 0.3 is 0 Å². The molecule has 0 aromatic heterocycles. The Labute approximate surface area is 98.1 Å². The summed E-state index contributed by atoms with van der Waals surface area (Å²) in [5, 5.41) is 3.27. The molecule has 2 aromatic carbocycles. The molecule has 0 fully saturated rings. The van der Waals surface area contributed by atoms with Crippen LogP contribution >= 0.6 is 0 Å². The van der Waals surface area contributed by atoms with Crippen LogP contribution in [-0.4, -0.2) is 6.54 Å². The van der Waals surface area contributed by atoms with E-state index in [1.54, 1.807) is 6.07 Å². The molecule has 0 atom stereocenters. The van der Waals surface area contributed by atoms with E-state index in [0.717, 1.165) is 30.3 Å². The molecule has 86 valence electrons. The summed E-state index contributed by atoms with van der Waals surface area (Å²) in [5.74, 6) is -1.61. The van der Waals surface area contributed by atoms with E-state index < -0.39 is 11.6 Å². The summed E-state index contributed by atoms with van der Waals surface area (Å²) in [6.45, 7) is 0.941. The minimum atomic E-state index is -0.809. The highest BCUT2D eigenvalue weighted by atomic mass is 19.2. The summed E-state index contributed by atoms with van der Waals surface area (Å²) in [6.07, 6.45) is 0.979. The number of hydrogen-bond acceptors (Lipinski definition) is 1. The maximum absolute atomic E-state index is 13.2. The Morgan fingerprint density at radius 3 is 2.47 bits per heavy atom. The van der Waals surface area contributed by atoms with Gasteiger partial charge in [0, 0.05) is 12.2 Å². The van der Waals surface area contributed by atoms with Crippen molar-refractivity contribution in [3.8, 4) is 11.1 Å². The zero-order valence-electron chi connectivity index (χ0n) is 9.13. The van der Waals surface area contributed by atoms with Gasteiger partial charge in [-0.05, 0) is 47.4 Å². The molecule has 3 rings (SSSR count). The van der Waals surface area contributed by atoms with Crippen molar-refractivity contribution < 1.29 is 8.78 Å². The third-order valence-corrected chi connectivity index (χ3v) is 3.07. The lowest BCUT2D eigenvalue weighted by atomic mass is 10.0. The summed E-state index contributed by atoms with van der Waals surface area (Å²) in [7, 11) is 0. The van der Waals surface area contributed by atoms with Gasteiger partial charge in [0.1, 0.15) is 0 Å². The maximum atomic E-state index is 13.2. The number of hydrogen-bond donors (Lipinski definition) is 1. The quantitative estimate of drug-likeness (QED) is 0.790. The molecule has 1 aliphatic heterocycles. The number of halogens is 2. The molecule has 1 heterocycles. The number of nitrogens with one attached hydrogen (secondary N) is 1. The second kappa shape index (κ2) is 3.84. The van der Waals surface area contributed by atoms with E-state index in [0.29, 0.717) is 5.56 Å². The van der Waals surface area contributed by atoms with Gasteiger partial charge in [-0.2, -0.15) is 0 Å². The summed E-state index contributed by atoms with van der Waals surface area (Å²) < 4.78 is 26.0. The van der Waals surface area contributed by atoms with Crippen molar-refractivity contribution in [1.82, 2.24) is 0 Å². The average molecular weight is 231 g/mol. The average Bonchev–Trinajstić information content (AvgIpc) is 2.79. The first-order chi connectivity index (χ1) is 8.24. The van der Waals surface area contributed by atoms with Gasteiger partial charge in [-0.3, -0.25) is 0 Å². The molecule has 0 spiro atoms. The first-order valence-corrected chi connectivity index (χ1v) is 5.56. The molecule has 0 radical (unpaired) electrons. The van der Waals surface area contributed by atoms with Crippen molar-refractivity contribution in [2.24, 2.45) is 0 Å². The topological polar surface area (TPSA) is 12.0 Å². The molecule has 17 heavy (non-hydrogen) atoms. The van der Waals surface area contributed by atoms with Crippen molar-refractivity contribution in [2.75, 3.05) is 11.9 Å². The van der Waals surface area contributed by atoms with Crippen molar-refractivity contribution in [3.05, 3.63) is 53.6 Å². The lowest BCUT2D eigenvalue weighted by Gasteiger charge is -2.05. The van der Waals surface area contributed by atoms with Crippen LogP contribution in [0.4, 0.5) is 14.5 Å². The Kier molecular flexibility index (Phi) is 2.32. The Morgan fingerprint density at radius 2 is 1.65 bits per heavy atom. The van der Waals surface area contributed by atoms with Gasteiger partial charge in [0.15, 0.2) is 11.6 Å². The van der Waals surface area contributed by atoms with Crippen molar-refractivity contribution >= 4 is 5.69 Å². The SMILES string of the molecule is Fc1ccc(-c2ccc3c(c2)CCN3)cc1F. The predicted octanol–water partition coefficient (Wildman–Crippen LogP) is 3.60. The minimum Gasteiger partial charge on any atom is -0.384 e. The van der Waals surface area contributed by atoms with Gasteiger partial charge in [0.2, 0.25) is 0 Å². The standard InChI is InChI=1S/C14H11F2N/c15-12-3-1-10(8-13(12)16)9-2-4-14-11(7-9)5-6-17-14/h1-4,7-8,17H,5-6H2. The fourth-order valence-corrected chi connectivity index (χ4v) is 2.16. The largest absolute Gasteiger partial charge is 0.384 e. The van der Waals surface area contributed by atoms with E-state index in [4.69, 9.17) is 0 Å². The lowest BCUT2D eigenvalue weighted by molar-refractivity contribution is 0.509. The molecule has 0 aliphatic carbocycles. The van der Waals surface area contributed by atoms with Crippen LogP contribution in [0, 0.1) is 11.6 Å². The molecule has 3 heteroatoms. The van der Waals surface area contributed by atoms with Crippen LogP contribution < -0.4 is 5.32 Å². The van der Waals surface area contributed by atoms with E-state index >= 15 is 0 Å². The van der Waals surface area contributed by atoms with Gasteiger partial charge in [-0.1, -0.05) is 12.1 Å². The molecule has 0 saturated carbocycles. The Morgan fingerprint density at radius 1 is 0.882 bits per heavy atom. The molecular formula is C14H11F2N. The summed E-state index contributed by atoms with van der Waals surface area (Å²) >= 11 is 0. The van der Waals surface area contributed by atoms with Crippen LogP contribution in [0.15, 0.2) is 36.4 Å². The molecule has 0 saturated heterocycles. The highest BCUT2D eigenvalue weighted by molar-refractivity contribution is 5.69. The second-order valence-corrected chi connectivity index (χ2v) is 4.18. The zero-order valence-corrected chi connectivity index (χ0v) is 9.13. The van der Waals surface area contributed by atoms with Gasteiger partial charge < -0.3 is 5.32 Å². The van der Waals surface area contributed by atoms with Crippen LogP contribution in [0.5, 0.6) is 0 Å². The first-order valence-electron chi connectivity index (χ1n) is 5.56. The van der Waals surface area contributed by atoms with Gasteiger partial charge in [-0.25, -0.2) is 8.78 Å². The summed E-state index contributed by atoms with van der Waals surface area (Å²) in [6, 6.07) is 9.93. The monoisotopic (exact) mass is 231 g/mol. The maximum Gasteiger partial charge on any atom is 0.159 e. The first kappa shape index (κ1) is 10.3. The van der Waals surface area contributed by atoms with E-state index in [2.05, 4.69) is 5.32 Å². The predicted molar refractivity (Wildman–Crippen MR) is 64.0 cm³/mol. The number of rotatable bonds is 1. The van der Waals surface area contributed by atoms with Crippen molar-refractivity contribution in [3.63, 3.8) is 0 Å². The Balaban J connectivity index is 2.06. The highest BCUT2D eigenvalue weighted by Crippen LogP contribution is 2.29. The van der Waals surface area contributed by atoms with E-state index in [9.17, 15) is 8.78 Å². The summed E-state index contributed by atoms with van der Waals surface area (Å²) in [5.41, 5.74) is 3.99. The lowest BCUT2D eigenvalue weighted by Crippen LogP contribution is -1.90. The van der Waals surface area contributed by atoms with E-state index in [1.165, 1.54) is 11.6 Å². The summed E-state index contributed by atoms with van der Waals surface area (Å²) in [4.78, 5) is 0. The molecule has 1 aliphatic rings. The van der Waals surface area contributed by atoms with Gasteiger partial charge in [0.25, 0.3) is 0 Å². The highest BCUT2D eigenvalue weighted by Gasteiger charge is 2.11. The van der Waals surface area contributed by atoms with Crippen LogP contribution in [0.1, 0.15) is 5.56 Å². The molecule has 2 aromatic rings. The Bertz CT molecular complexity index is 578. The van der Waals surface area contributed by atoms with E-state index in [1.807, 2.05) is 18.2 Å². The van der Waals surface area contributed by atoms with Crippen LogP contribution in [0.25, 0.3) is 11.1 Å². The normalized spacial score (nSPS) is 13.3. The number of fused-ring (bicyclic) bond motifs is 1. The molecule has 1 N–H and O–H groups in total. The number of benzene rings is 2. The van der Waals surface area contributed by atoms with Gasteiger partial charge in [0.05, 0.1) is 0 Å². The Hall–Kier alpha value is -1.90. The molecular weight excluding hydrogens is 220 g/mol. The van der Waals surface area contributed by atoms with E-state index in [-0.39, 0.29) is 0 Å². The second-order valence-electron chi connectivity index (χ2n) is 4.18. The van der Waals surface area contributed by atoms with Crippen LogP contribution in [0.2, 0.25) is 0 Å². The fourth-order valence-electron chi connectivity index (χ4n) is 2.16. The molecule has 0 unspecified atom stereocenters. The molecule has 0 amide bonds. The third-order valence-electron chi connectivity index (χ3n) is 3.07. The van der Waals surface area contributed by atoms with Crippen molar-refractivity contribution in [2.45, 2.75) is 6.42 Å². The van der Waals surface area contributed by atoms with Crippen LogP contribution in [0.3, 0.4) is 0 Å². The van der Waals surface area contributed by atoms with Crippen LogP contribution in [-0.2, 0) is 6.42 Å². The minimum absolute atomic E-state index is 0.707. The molecule has 1 nitrogen and oxygen atoms in total. The molecule has 0 bridgehead atoms. The third kappa shape index (κ3) is 1.78. The van der Waals surface area contributed by atoms with Crippen molar-refractivity contribution in [1.29, 1.82) is 0 Å². The zero-order chi connectivity index (χ0) is 11.8. The number of anilines is 1. The fraction of sp³-hybridized carbons (Fsp3) is 0.143. The van der Waals surface area contributed by atoms with Gasteiger partial charge in [-0.15, -0.1) is 0 Å².